The molecule has 2 rings (SSSR count). The van der Waals surface area contributed by atoms with E-state index in [2.05, 4.69) is 16.8 Å². The maximum atomic E-state index is 12.2. The van der Waals surface area contributed by atoms with E-state index < -0.39 is 0 Å². The van der Waals surface area contributed by atoms with E-state index in [1.807, 2.05) is 11.9 Å². The van der Waals surface area contributed by atoms with Gasteiger partial charge < -0.3 is 4.90 Å². The number of carbonyl (C=O) groups is 1. The predicted octanol–water partition coefficient (Wildman–Crippen LogP) is 3.29. The zero-order valence-corrected chi connectivity index (χ0v) is 10.6. The Morgan fingerprint density at radius 2 is 2.19 bits per heavy atom. The Bertz CT molecular complexity index is 328. The highest BCUT2D eigenvalue weighted by molar-refractivity contribution is 7.07. The fourth-order valence-electron chi connectivity index (χ4n) is 2.40. The largest absolute Gasteiger partial charge is 0.341 e. The maximum absolute atomic E-state index is 12.2. The highest BCUT2D eigenvalue weighted by atomic mass is 32.1. The van der Waals surface area contributed by atoms with Gasteiger partial charge in [-0.15, -0.1) is 0 Å². The summed E-state index contributed by atoms with van der Waals surface area (Å²) in [7, 11) is 1.93. The first-order chi connectivity index (χ1) is 7.77. The van der Waals surface area contributed by atoms with Crippen LogP contribution >= 0.6 is 11.3 Å². The predicted molar refractivity (Wildman–Crippen MR) is 67.4 cm³/mol. The average Bonchev–Trinajstić information content (AvgIpc) is 2.82. The molecule has 16 heavy (non-hydrogen) atoms. The zero-order chi connectivity index (χ0) is 11.4. The monoisotopic (exact) mass is 237 g/mol. The van der Waals surface area contributed by atoms with Gasteiger partial charge in [0.1, 0.15) is 0 Å². The van der Waals surface area contributed by atoms with Gasteiger partial charge in [0.05, 0.1) is 0 Å². The molecular weight excluding hydrogens is 218 g/mol. The van der Waals surface area contributed by atoms with Gasteiger partial charge in [0.25, 0.3) is 0 Å². The van der Waals surface area contributed by atoms with E-state index >= 15 is 0 Å². The highest BCUT2D eigenvalue weighted by Gasteiger charge is 2.23. The number of amides is 1. The number of rotatable bonds is 3. The summed E-state index contributed by atoms with van der Waals surface area (Å²) >= 11 is 1.69. The lowest BCUT2D eigenvalue weighted by Gasteiger charge is -2.26. The van der Waals surface area contributed by atoms with Crippen LogP contribution in [0.3, 0.4) is 0 Å². The van der Waals surface area contributed by atoms with Gasteiger partial charge in [-0.2, -0.15) is 11.3 Å². The summed E-state index contributed by atoms with van der Waals surface area (Å²) in [5.41, 5.74) is 1.25. The fourth-order valence-corrected chi connectivity index (χ4v) is 3.06. The zero-order valence-electron chi connectivity index (χ0n) is 9.82. The van der Waals surface area contributed by atoms with Crippen LogP contribution in [-0.2, 0) is 11.3 Å². The first-order valence-corrected chi connectivity index (χ1v) is 6.97. The third kappa shape index (κ3) is 2.85. The molecule has 88 valence electrons. The molecule has 3 heteroatoms. The van der Waals surface area contributed by atoms with Gasteiger partial charge in [0.15, 0.2) is 0 Å². The first kappa shape index (κ1) is 11.6. The van der Waals surface area contributed by atoms with Gasteiger partial charge in [0, 0.05) is 19.5 Å². The Morgan fingerprint density at radius 1 is 1.44 bits per heavy atom. The van der Waals surface area contributed by atoms with Crippen LogP contribution in [0.2, 0.25) is 0 Å². The molecule has 1 aromatic rings. The van der Waals surface area contributed by atoms with Crippen LogP contribution in [0.4, 0.5) is 0 Å². The number of thiophene rings is 1. The lowest BCUT2D eigenvalue weighted by molar-refractivity contribution is -0.135. The topological polar surface area (TPSA) is 20.3 Å². The van der Waals surface area contributed by atoms with E-state index in [1.54, 1.807) is 11.3 Å². The number of hydrogen-bond acceptors (Lipinski definition) is 2. The molecule has 0 aromatic carbocycles. The van der Waals surface area contributed by atoms with E-state index in [-0.39, 0.29) is 5.92 Å². The van der Waals surface area contributed by atoms with Crippen LogP contribution in [0.1, 0.15) is 37.7 Å². The van der Waals surface area contributed by atoms with E-state index in [0.29, 0.717) is 5.91 Å². The Balaban J connectivity index is 1.88. The molecule has 2 nitrogen and oxygen atoms in total. The van der Waals surface area contributed by atoms with Crippen molar-refractivity contribution in [2.75, 3.05) is 7.05 Å². The summed E-state index contributed by atoms with van der Waals surface area (Å²) in [4.78, 5) is 14.0. The van der Waals surface area contributed by atoms with Crippen LogP contribution in [0.15, 0.2) is 16.8 Å². The van der Waals surface area contributed by atoms with E-state index in [1.165, 1.54) is 24.8 Å². The molecule has 1 amide bonds. The standard InChI is InChI=1S/C13H19NOS/c1-14(9-11-7-8-16-10-11)13(15)12-5-3-2-4-6-12/h7-8,10,12H,2-6,9H2,1H3. The second-order valence-electron chi connectivity index (χ2n) is 4.66. The molecule has 1 aromatic heterocycles. The molecule has 0 aliphatic heterocycles. The van der Waals surface area contributed by atoms with Gasteiger partial charge >= 0.3 is 0 Å². The van der Waals surface area contributed by atoms with Crippen LogP contribution in [0, 0.1) is 5.92 Å². The van der Waals surface area contributed by atoms with Crippen molar-refractivity contribution in [3.8, 4) is 0 Å². The second-order valence-corrected chi connectivity index (χ2v) is 5.44. The number of carbonyl (C=O) groups excluding carboxylic acids is 1. The van der Waals surface area contributed by atoms with Crippen LogP contribution in [-0.4, -0.2) is 17.9 Å². The van der Waals surface area contributed by atoms with Crippen molar-refractivity contribution < 1.29 is 4.79 Å². The molecule has 0 saturated heterocycles. The third-order valence-corrected chi connectivity index (χ3v) is 4.06. The molecule has 1 fully saturated rings. The Labute approximate surface area is 101 Å². The molecule has 1 aliphatic carbocycles. The first-order valence-electron chi connectivity index (χ1n) is 6.03. The molecule has 1 saturated carbocycles. The number of nitrogens with zero attached hydrogens (tertiary/aromatic N) is 1. The van der Waals surface area contributed by atoms with Crippen molar-refractivity contribution in [1.82, 2.24) is 4.90 Å². The van der Waals surface area contributed by atoms with E-state index in [0.717, 1.165) is 19.4 Å². The van der Waals surface area contributed by atoms with Crippen molar-refractivity contribution in [2.45, 2.75) is 38.6 Å². The van der Waals surface area contributed by atoms with Gasteiger partial charge in [-0.1, -0.05) is 19.3 Å². The van der Waals surface area contributed by atoms with Crippen LogP contribution in [0.5, 0.6) is 0 Å². The summed E-state index contributed by atoms with van der Waals surface area (Å²) in [6.45, 7) is 0.763. The molecular formula is C13H19NOS. The van der Waals surface area contributed by atoms with Crippen LogP contribution in [0.25, 0.3) is 0 Å². The van der Waals surface area contributed by atoms with Gasteiger partial charge in [-0.05, 0) is 35.2 Å². The summed E-state index contributed by atoms with van der Waals surface area (Å²) in [5, 5.41) is 4.18. The summed E-state index contributed by atoms with van der Waals surface area (Å²) in [6, 6.07) is 2.09. The quantitative estimate of drug-likeness (QED) is 0.790. The number of hydrogen-bond donors (Lipinski definition) is 0. The SMILES string of the molecule is CN(Cc1ccsc1)C(=O)C1CCCCC1. The van der Waals surface area contributed by atoms with E-state index in [4.69, 9.17) is 0 Å². The second kappa shape index (κ2) is 5.48. The Hall–Kier alpha value is -0.830. The Kier molecular flexibility index (Phi) is 3.99. The van der Waals surface area contributed by atoms with Crippen LogP contribution < -0.4 is 0 Å². The lowest BCUT2D eigenvalue weighted by atomic mass is 9.88. The summed E-state index contributed by atoms with van der Waals surface area (Å²) in [5.74, 6) is 0.628. The fraction of sp³-hybridized carbons (Fsp3) is 0.615. The minimum absolute atomic E-state index is 0.289. The summed E-state index contributed by atoms with van der Waals surface area (Å²) < 4.78 is 0. The van der Waals surface area contributed by atoms with Gasteiger partial charge in [0.2, 0.25) is 5.91 Å². The normalized spacial score (nSPS) is 17.3. The van der Waals surface area contributed by atoms with Crippen molar-refractivity contribution >= 4 is 17.2 Å². The molecule has 0 N–H and O–H groups in total. The van der Waals surface area contributed by atoms with E-state index in [9.17, 15) is 4.79 Å². The minimum Gasteiger partial charge on any atom is -0.341 e. The maximum Gasteiger partial charge on any atom is 0.225 e. The molecule has 0 unspecified atom stereocenters. The molecule has 0 atom stereocenters. The molecule has 1 aliphatic rings. The van der Waals surface area contributed by atoms with Crippen molar-refractivity contribution in [3.05, 3.63) is 22.4 Å². The van der Waals surface area contributed by atoms with Gasteiger partial charge in [-0.25, -0.2) is 0 Å². The highest BCUT2D eigenvalue weighted by Crippen LogP contribution is 2.25. The third-order valence-electron chi connectivity index (χ3n) is 3.33. The lowest BCUT2D eigenvalue weighted by Crippen LogP contribution is -2.33. The molecule has 0 radical (unpaired) electrons. The minimum atomic E-state index is 0.289. The van der Waals surface area contributed by atoms with Crippen molar-refractivity contribution in [2.24, 2.45) is 5.92 Å². The molecule has 1 heterocycles. The molecule has 0 bridgehead atoms. The Morgan fingerprint density at radius 3 is 2.81 bits per heavy atom. The average molecular weight is 237 g/mol. The van der Waals surface area contributed by atoms with Crippen molar-refractivity contribution in [3.63, 3.8) is 0 Å². The smallest absolute Gasteiger partial charge is 0.225 e. The summed E-state index contributed by atoms with van der Waals surface area (Å²) in [6.07, 6.45) is 5.93. The molecule has 0 spiro atoms. The van der Waals surface area contributed by atoms with Crippen molar-refractivity contribution in [1.29, 1.82) is 0 Å². The van der Waals surface area contributed by atoms with Gasteiger partial charge in [-0.3, -0.25) is 4.79 Å².